The maximum Gasteiger partial charge on any atom is 0.420 e. The van der Waals surface area contributed by atoms with E-state index in [2.05, 4.69) is 9.97 Å². The van der Waals surface area contributed by atoms with E-state index in [0.717, 1.165) is 18.6 Å². The minimum Gasteiger partial charge on any atom is -0.378 e. The molecular formula is C6H5F3N2O. The standard InChI is InChI=1S/C6H5F3N2O/c7-6(8,9)5(12)4-1-2-10-3-11-4/h1-3,5,12H. The molecule has 1 N–H and O–H groups in total. The van der Waals surface area contributed by atoms with Crippen molar-refractivity contribution in [3.05, 3.63) is 24.3 Å². The summed E-state index contributed by atoms with van der Waals surface area (Å²) in [4.78, 5) is 6.68. The number of nitrogens with zero attached hydrogens (tertiary/aromatic N) is 2. The first-order chi connectivity index (χ1) is 5.52. The summed E-state index contributed by atoms with van der Waals surface area (Å²) in [6, 6.07) is 1.01. The Bertz CT molecular complexity index is 249. The molecule has 1 aromatic rings. The fourth-order valence-corrected chi connectivity index (χ4v) is 0.630. The largest absolute Gasteiger partial charge is 0.420 e. The van der Waals surface area contributed by atoms with E-state index in [1.54, 1.807) is 0 Å². The van der Waals surface area contributed by atoms with Gasteiger partial charge in [0, 0.05) is 6.20 Å². The minimum absolute atomic E-state index is 0.447. The van der Waals surface area contributed by atoms with E-state index >= 15 is 0 Å². The lowest BCUT2D eigenvalue weighted by Gasteiger charge is -2.12. The molecule has 0 saturated heterocycles. The van der Waals surface area contributed by atoms with Crippen LogP contribution in [0.2, 0.25) is 0 Å². The summed E-state index contributed by atoms with van der Waals surface area (Å²) >= 11 is 0. The zero-order valence-corrected chi connectivity index (χ0v) is 5.78. The van der Waals surface area contributed by atoms with E-state index in [1.807, 2.05) is 0 Å². The monoisotopic (exact) mass is 178 g/mol. The molecule has 0 fully saturated rings. The second-order valence-corrected chi connectivity index (χ2v) is 2.08. The lowest BCUT2D eigenvalue weighted by atomic mass is 10.2. The fraction of sp³-hybridized carbons (Fsp3) is 0.333. The molecule has 0 aliphatic rings. The maximum absolute atomic E-state index is 11.8. The Balaban J connectivity index is 2.86. The highest BCUT2D eigenvalue weighted by Gasteiger charge is 2.40. The summed E-state index contributed by atoms with van der Waals surface area (Å²) < 4.78 is 35.5. The van der Waals surface area contributed by atoms with Crippen molar-refractivity contribution in [2.75, 3.05) is 0 Å². The third-order valence-corrected chi connectivity index (χ3v) is 1.20. The van der Waals surface area contributed by atoms with Gasteiger partial charge in [0.1, 0.15) is 6.33 Å². The quantitative estimate of drug-likeness (QED) is 0.699. The van der Waals surface area contributed by atoms with Gasteiger partial charge in [-0.1, -0.05) is 0 Å². The van der Waals surface area contributed by atoms with Gasteiger partial charge in [0.15, 0.2) is 6.10 Å². The molecule has 0 radical (unpaired) electrons. The van der Waals surface area contributed by atoms with Crippen molar-refractivity contribution in [3.8, 4) is 0 Å². The van der Waals surface area contributed by atoms with E-state index in [-0.39, 0.29) is 0 Å². The predicted octanol–water partition coefficient (Wildman–Crippen LogP) is 1.07. The van der Waals surface area contributed by atoms with Gasteiger partial charge >= 0.3 is 6.18 Å². The summed E-state index contributed by atoms with van der Waals surface area (Å²) in [7, 11) is 0. The number of hydrogen-bond acceptors (Lipinski definition) is 3. The summed E-state index contributed by atoms with van der Waals surface area (Å²) in [5.41, 5.74) is -0.447. The van der Waals surface area contributed by atoms with Crippen molar-refractivity contribution in [2.24, 2.45) is 0 Å². The van der Waals surface area contributed by atoms with E-state index in [0.29, 0.717) is 0 Å². The number of alkyl halides is 3. The molecule has 66 valence electrons. The topological polar surface area (TPSA) is 46.0 Å². The number of aromatic nitrogens is 2. The number of aliphatic hydroxyl groups excluding tert-OH is 1. The van der Waals surface area contributed by atoms with Crippen LogP contribution in [-0.4, -0.2) is 21.3 Å². The Labute approximate surface area is 65.9 Å². The molecule has 0 aliphatic heterocycles. The lowest BCUT2D eigenvalue weighted by molar-refractivity contribution is -0.208. The molecule has 1 rings (SSSR count). The van der Waals surface area contributed by atoms with Crippen molar-refractivity contribution in [2.45, 2.75) is 12.3 Å². The Morgan fingerprint density at radius 2 is 2.08 bits per heavy atom. The minimum atomic E-state index is -4.67. The first-order valence-electron chi connectivity index (χ1n) is 3.02. The summed E-state index contributed by atoms with van der Waals surface area (Å²) in [5, 5.41) is 8.64. The molecule has 1 atom stereocenters. The molecule has 3 nitrogen and oxygen atoms in total. The molecule has 12 heavy (non-hydrogen) atoms. The van der Waals surface area contributed by atoms with Gasteiger partial charge in [-0.05, 0) is 6.07 Å². The van der Waals surface area contributed by atoms with Crippen molar-refractivity contribution in [3.63, 3.8) is 0 Å². The first kappa shape index (κ1) is 8.92. The molecule has 1 heterocycles. The average molecular weight is 178 g/mol. The lowest BCUT2D eigenvalue weighted by Crippen LogP contribution is -2.21. The highest BCUT2D eigenvalue weighted by atomic mass is 19.4. The van der Waals surface area contributed by atoms with Crippen LogP contribution in [0.3, 0.4) is 0 Å². The molecule has 0 saturated carbocycles. The van der Waals surface area contributed by atoms with Gasteiger partial charge in [0.25, 0.3) is 0 Å². The van der Waals surface area contributed by atoms with Gasteiger partial charge in [0.2, 0.25) is 0 Å². The zero-order chi connectivity index (χ0) is 9.19. The van der Waals surface area contributed by atoms with Crippen molar-refractivity contribution in [1.82, 2.24) is 9.97 Å². The molecule has 6 heteroatoms. The molecule has 0 spiro atoms. The Morgan fingerprint density at radius 1 is 1.42 bits per heavy atom. The van der Waals surface area contributed by atoms with Crippen LogP contribution in [0.1, 0.15) is 11.8 Å². The predicted molar refractivity (Wildman–Crippen MR) is 33.0 cm³/mol. The third-order valence-electron chi connectivity index (χ3n) is 1.20. The first-order valence-corrected chi connectivity index (χ1v) is 3.02. The molecule has 1 unspecified atom stereocenters. The fourth-order valence-electron chi connectivity index (χ4n) is 0.630. The number of aliphatic hydroxyl groups is 1. The SMILES string of the molecule is OC(c1ccncn1)C(F)(F)F. The van der Waals surface area contributed by atoms with Crippen LogP contribution in [-0.2, 0) is 0 Å². The van der Waals surface area contributed by atoms with Crippen molar-refractivity contribution < 1.29 is 18.3 Å². The van der Waals surface area contributed by atoms with Gasteiger partial charge in [-0.2, -0.15) is 13.2 Å². The third kappa shape index (κ3) is 1.91. The van der Waals surface area contributed by atoms with Crippen LogP contribution < -0.4 is 0 Å². The van der Waals surface area contributed by atoms with E-state index in [1.165, 1.54) is 0 Å². The average Bonchev–Trinajstić information content (AvgIpc) is 2.03. The number of rotatable bonds is 1. The zero-order valence-electron chi connectivity index (χ0n) is 5.78. The van der Waals surface area contributed by atoms with Crippen molar-refractivity contribution >= 4 is 0 Å². The van der Waals surface area contributed by atoms with Crippen LogP contribution >= 0.6 is 0 Å². The smallest absolute Gasteiger partial charge is 0.378 e. The summed E-state index contributed by atoms with van der Waals surface area (Å²) in [6.07, 6.45) is -5.11. The number of hydrogen-bond donors (Lipinski definition) is 1. The van der Waals surface area contributed by atoms with Crippen LogP contribution in [0.5, 0.6) is 0 Å². The van der Waals surface area contributed by atoms with Gasteiger partial charge in [-0.3, -0.25) is 0 Å². The molecular weight excluding hydrogens is 173 g/mol. The van der Waals surface area contributed by atoms with E-state index < -0.39 is 18.0 Å². The highest BCUT2D eigenvalue weighted by molar-refractivity contribution is 5.03. The molecule has 0 amide bonds. The molecule has 1 aromatic heterocycles. The second kappa shape index (κ2) is 3.06. The number of halogens is 3. The van der Waals surface area contributed by atoms with E-state index in [9.17, 15) is 13.2 Å². The van der Waals surface area contributed by atoms with Gasteiger partial charge in [-0.15, -0.1) is 0 Å². The summed E-state index contributed by atoms with van der Waals surface area (Å²) in [6.45, 7) is 0. The second-order valence-electron chi connectivity index (χ2n) is 2.08. The van der Waals surface area contributed by atoms with Gasteiger partial charge in [-0.25, -0.2) is 9.97 Å². The maximum atomic E-state index is 11.8. The van der Waals surface area contributed by atoms with Gasteiger partial charge in [0.05, 0.1) is 5.69 Å². The summed E-state index contributed by atoms with van der Waals surface area (Å²) in [5.74, 6) is 0. The molecule has 0 aromatic carbocycles. The van der Waals surface area contributed by atoms with Crippen molar-refractivity contribution in [1.29, 1.82) is 0 Å². The Morgan fingerprint density at radius 3 is 2.50 bits per heavy atom. The molecule has 0 aliphatic carbocycles. The van der Waals surface area contributed by atoms with E-state index in [4.69, 9.17) is 5.11 Å². The molecule has 0 bridgehead atoms. The van der Waals surface area contributed by atoms with Crippen LogP contribution in [0.4, 0.5) is 13.2 Å². The van der Waals surface area contributed by atoms with Crippen LogP contribution in [0.25, 0.3) is 0 Å². The Hall–Kier alpha value is -1.17. The van der Waals surface area contributed by atoms with Crippen LogP contribution in [0.15, 0.2) is 18.6 Å². The normalized spacial score (nSPS) is 14.3. The highest BCUT2D eigenvalue weighted by Crippen LogP contribution is 2.30. The van der Waals surface area contributed by atoms with Crippen LogP contribution in [0, 0.1) is 0 Å². The van der Waals surface area contributed by atoms with Gasteiger partial charge < -0.3 is 5.11 Å². The Kier molecular flexibility index (Phi) is 2.27.